The number of ether oxygens (including phenoxy) is 1. The molecule has 26 heavy (non-hydrogen) atoms. The summed E-state index contributed by atoms with van der Waals surface area (Å²) >= 11 is 0. The molecule has 1 N–H and O–H groups in total. The molecule has 0 radical (unpaired) electrons. The first kappa shape index (κ1) is 18.5. The fourth-order valence-corrected chi connectivity index (χ4v) is 3.46. The van der Waals surface area contributed by atoms with E-state index >= 15 is 0 Å². The maximum atomic E-state index is 12.3. The lowest BCUT2D eigenvalue weighted by Gasteiger charge is -2.39. The number of nitrogens with one attached hydrogen (secondary N) is 1. The van der Waals surface area contributed by atoms with Crippen LogP contribution in [0.15, 0.2) is 4.99 Å². The molecule has 1 aromatic rings. The summed E-state index contributed by atoms with van der Waals surface area (Å²) in [5.74, 6) is 0.918. The Labute approximate surface area is 155 Å². The van der Waals surface area contributed by atoms with Crippen molar-refractivity contribution in [2.75, 3.05) is 26.2 Å². The van der Waals surface area contributed by atoms with E-state index in [4.69, 9.17) is 4.74 Å². The van der Waals surface area contributed by atoms with Crippen molar-refractivity contribution >= 4 is 12.1 Å². The Morgan fingerprint density at radius 1 is 1.31 bits per heavy atom. The third-order valence-corrected chi connectivity index (χ3v) is 4.94. The van der Waals surface area contributed by atoms with Crippen LogP contribution in [0.2, 0.25) is 0 Å². The maximum absolute atomic E-state index is 12.3. The SMILES string of the molecule is Cc1nn(C)c(C)c1CNC1=NCC2CN(C(=O)OC(C)(C)C)CCN12. The van der Waals surface area contributed by atoms with Crippen molar-refractivity contribution in [2.45, 2.75) is 52.8 Å². The second kappa shape index (κ2) is 6.81. The molecule has 1 unspecified atom stereocenters. The highest BCUT2D eigenvalue weighted by Crippen LogP contribution is 2.19. The number of carbonyl (C=O) groups is 1. The standard InChI is InChI=1S/C18H30N6O2/c1-12-15(13(2)22(6)21-12)10-20-16-19-9-14-11-23(7-8-24(14)16)17(25)26-18(3,4)5/h14H,7-11H2,1-6H3,(H,19,20). The Balaban J connectivity index is 1.56. The number of guanidine groups is 1. The van der Waals surface area contributed by atoms with Gasteiger partial charge in [-0.2, -0.15) is 5.10 Å². The number of carbonyl (C=O) groups excluding carboxylic acids is 1. The summed E-state index contributed by atoms with van der Waals surface area (Å²) in [6.45, 7) is 13.3. The van der Waals surface area contributed by atoms with Crippen molar-refractivity contribution in [1.29, 1.82) is 0 Å². The molecule has 1 atom stereocenters. The minimum absolute atomic E-state index is 0.217. The first-order valence-corrected chi connectivity index (χ1v) is 9.17. The number of hydrogen-bond acceptors (Lipinski definition) is 6. The quantitative estimate of drug-likeness (QED) is 0.861. The maximum Gasteiger partial charge on any atom is 0.410 e. The number of fused-ring (bicyclic) bond motifs is 1. The molecule has 0 bridgehead atoms. The number of nitrogens with zero attached hydrogens (tertiary/aromatic N) is 5. The number of amides is 1. The normalized spacial score (nSPS) is 20.1. The smallest absolute Gasteiger partial charge is 0.410 e. The van der Waals surface area contributed by atoms with E-state index in [1.54, 1.807) is 4.90 Å². The van der Waals surface area contributed by atoms with Gasteiger partial charge in [-0.3, -0.25) is 9.67 Å². The monoisotopic (exact) mass is 362 g/mol. The van der Waals surface area contributed by atoms with E-state index in [0.717, 1.165) is 18.2 Å². The number of aliphatic imine (C=N–C) groups is 1. The molecule has 0 aliphatic carbocycles. The molecule has 2 aliphatic rings. The van der Waals surface area contributed by atoms with Gasteiger partial charge in [-0.25, -0.2) is 4.79 Å². The van der Waals surface area contributed by atoms with Crippen LogP contribution in [-0.2, 0) is 18.3 Å². The third-order valence-electron chi connectivity index (χ3n) is 4.94. The molecule has 0 aromatic carbocycles. The predicted molar refractivity (Wildman–Crippen MR) is 100 cm³/mol. The van der Waals surface area contributed by atoms with E-state index in [2.05, 4.69) is 27.2 Å². The van der Waals surface area contributed by atoms with Crippen LogP contribution < -0.4 is 5.32 Å². The Morgan fingerprint density at radius 2 is 2.04 bits per heavy atom. The average Bonchev–Trinajstić information content (AvgIpc) is 3.05. The lowest BCUT2D eigenvalue weighted by Crippen LogP contribution is -2.57. The van der Waals surface area contributed by atoms with Gasteiger partial charge < -0.3 is 19.9 Å². The molecule has 1 fully saturated rings. The molecule has 3 rings (SSSR count). The van der Waals surface area contributed by atoms with Gasteiger partial charge in [-0.1, -0.05) is 0 Å². The summed E-state index contributed by atoms with van der Waals surface area (Å²) in [4.78, 5) is 21.0. The summed E-state index contributed by atoms with van der Waals surface area (Å²) in [5, 5.41) is 7.92. The van der Waals surface area contributed by atoms with Crippen molar-refractivity contribution in [3.05, 3.63) is 17.0 Å². The molecule has 144 valence electrons. The lowest BCUT2D eigenvalue weighted by atomic mass is 10.2. The van der Waals surface area contributed by atoms with Crippen LogP contribution in [0.5, 0.6) is 0 Å². The Bertz CT molecular complexity index is 718. The molecule has 8 nitrogen and oxygen atoms in total. The minimum atomic E-state index is -0.466. The zero-order valence-electron chi connectivity index (χ0n) is 16.7. The van der Waals surface area contributed by atoms with E-state index in [0.29, 0.717) is 26.2 Å². The first-order valence-electron chi connectivity index (χ1n) is 9.17. The molecule has 1 aromatic heterocycles. The van der Waals surface area contributed by atoms with Gasteiger partial charge in [0, 0.05) is 44.5 Å². The van der Waals surface area contributed by atoms with Crippen LogP contribution in [0, 0.1) is 13.8 Å². The van der Waals surface area contributed by atoms with Gasteiger partial charge in [0.25, 0.3) is 0 Å². The highest BCUT2D eigenvalue weighted by molar-refractivity contribution is 5.82. The molecular weight excluding hydrogens is 332 g/mol. The van der Waals surface area contributed by atoms with Gasteiger partial charge in [0.05, 0.1) is 18.3 Å². The summed E-state index contributed by atoms with van der Waals surface area (Å²) in [5.41, 5.74) is 2.96. The van der Waals surface area contributed by atoms with Crippen LogP contribution in [0.25, 0.3) is 0 Å². The van der Waals surface area contributed by atoms with Gasteiger partial charge in [0.15, 0.2) is 5.96 Å². The fraction of sp³-hybridized carbons (Fsp3) is 0.722. The van der Waals surface area contributed by atoms with E-state index in [1.165, 1.54) is 11.3 Å². The van der Waals surface area contributed by atoms with Gasteiger partial charge in [-0.05, 0) is 34.6 Å². The van der Waals surface area contributed by atoms with E-state index in [9.17, 15) is 4.79 Å². The molecule has 1 amide bonds. The molecular formula is C18H30N6O2. The number of aryl methyl sites for hydroxylation is 2. The topological polar surface area (TPSA) is 75.0 Å². The largest absolute Gasteiger partial charge is 0.444 e. The van der Waals surface area contributed by atoms with Crippen molar-refractivity contribution in [3.63, 3.8) is 0 Å². The number of aromatic nitrogens is 2. The van der Waals surface area contributed by atoms with Crippen LogP contribution in [0.1, 0.15) is 37.7 Å². The molecule has 8 heteroatoms. The summed E-state index contributed by atoms with van der Waals surface area (Å²) in [6, 6.07) is 0.217. The molecule has 3 heterocycles. The lowest BCUT2D eigenvalue weighted by molar-refractivity contribution is 0.0137. The first-order chi connectivity index (χ1) is 12.2. The van der Waals surface area contributed by atoms with Crippen LogP contribution in [0.3, 0.4) is 0 Å². The zero-order chi connectivity index (χ0) is 19.1. The Kier molecular flexibility index (Phi) is 4.86. The third kappa shape index (κ3) is 3.78. The second-order valence-corrected chi connectivity index (χ2v) is 8.06. The predicted octanol–water partition coefficient (Wildman–Crippen LogP) is 1.42. The van der Waals surface area contributed by atoms with Gasteiger partial charge in [0.2, 0.25) is 0 Å². The minimum Gasteiger partial charge on any atom is -0.444 e. The second-order valence-electron chi connectivity index (χ2n) is 8.06. The zero-order valence-corrected chi connectivity index (χ0v) is 16.7. The number of piperazine rings is 1. The van der Waals surface area contributed by atoms with E-state index in [1.807, 2.05) is 39.4 Å². The van der Waals surface area contributed by atoms with Gasteiger partial charge >= 0.3 is 6.09 Å². The van der Waals surface area contributed by atoms with Crippen molar-refractivity contribution in [3.8, 4) is 0 Å². The number of rotatable bonds is 2. The molecule has 0 saturated carbocycles. The highest BCUT2D eigenvalue weighted by Gasteiger charge is 2.36. The van der Waals surface area contributed by atoms with Crippen LogP contribution >= 0.6 is 0 Å². The Hall–Kier alpha value is -2.25. The summed E-state index contributed by atoms with van der Waals surface area (Å²) in [7, 11) is 1.96. The highest BCUT2D eigenvalue weighted by atomic mass is 16.6. The van der Waals surface area contributed by atoms with Crippen molar-refractivity contribution in [2.24, 2.45) is 12.0 Å². The van der Waals surface area contributed by atoms with Crippen LogP contribution in [-0.4, -0.2) is 69.5 Å². The van der Waals surface area contributed by atoms with Gasteiger partial charge in [-0.15, -0.1) is 0 Å². The summed E-state index contributed by atoms with van der Waals surface area (Å²) in [6.07, 6.45) is -0.236. The van der Waals surface area contributed by atoms with Crippen LogP contribution in [0.4, 0.5) is 4.79 Å². The number of hydrogen-bond donors (Lipinski definition) is 1. The molecule has 0 spiro atoms. The Morgan fingerprint density at radius 3 is 2.65 bits per heavy atom. The van der Waals surface area contributed by atoms with Crippen molar-refractivity contribution < 1.29 is 9.53 Å². The fourth-order valence-electron chi connectivity index (χ4n) is 3.46. The molecule has 2 aliphatic heterocycles. The van der Waals surface area contributed by atoms with Crippen molar-refractivity contribution in [1.82, 2.24) is 24.9 Å². The van der Waals surface area contributed by atoms with E-state index < -0.39 is 5.60 Å². The van der Waals surface area contributed by atoms with Gasteiger partial charge in [0.1, 0.15) is 5.60 Å². The average molecular weight is 362 g/mol. The summed E-state index contributed by atoms with van der Waals surface area (Å²) < 4.78 is 7.40. The molecule has 1 saturated heterocycles. The van der Waals surface area contributed by atoms with E-state index in [-0.39, 0.29) is 12.1 Å².